The molecule has 1 aliphatic heterocycles. The normalized spacial score (nSPS) is 16.6. The van der Waals surface area contributed by atoms with E-state index in [-0.39, 0.29) is 12.0 Å². The van der Waals surface area contributed by atoms with Crippen LogP contribution in [0.4, 0.5) is 0 Å². The molecule has 1 fully saturated rings. The van der Waals surface area contributed by atoms with Crippen LogP contribution in [-0.2, 0) is 0 Å². The Labute approximate surface area is 163 Å². The van der Waals surface area contributed by atoms with E-state index in [9.17, 15) is 4.79 Å². The summed E-state index contributed by atoms with van der Waals surface area (Å²) >= 11 is 0. The van der Waals surface area contributed by atoms with Crippen LogP contribution < -0.4 is 9.47 Å². The van der Waals surface area contributed by atoms with Crippen molar-refractivity contribution >= 4 is 5.91 Å². The molecule has 1 aliphatic rings. The quantitative estimate of drug-likeness (QED) is 0.738. The van der Waals surface area contributed by atoms with E-state index in [4.69, 9.17) is 9.47 Å². The van der Waals surface area contributed by atoms with Gasteiger partial charge in [-0.25, -0.2) is 0 Å². The van der Waals surface area contributed by atoms with E-state index in [1.165, 1.54) is 0 Å². The molecular weight excluding hydrogens is 356 g/mol. The molecule has 28 heavy (non-hydrogen) atoms. The summed E-state index contributed by atoms with van der Waals surface area (Å²) in [7, 11) is 1.62. The van der Waals surface area contributed by atoms with Crippen LogP contribution in [0.1, 0.15) is 23.3 Å². The summed E-state index contributed by atoms with van der Waals surface area (Å²) in [5.41, 5.74) is 2.08. The Hall–Kier alpha value is -3.35. The van der Waals surface area contributed by atoms with Crippen LogP contribution in [0.25, 0.3) is 11.3 Å². The smallest absolute Gasteiger partial charge is 0.272 e. The maximum absolute atomic E-state index is 12.9. The molecule has 1 unspecified atom stereocenters. The molecule has 1 N–H and O–H groups in total. The molecular formula is C21H22N4O3. The first kappa shape index (κ1) is 18.0. The Morgan fingerprint density at radius 3 is 2.86 bits per heavy atom. The third kappa shape index (κ3) is 3.98. The molecule has 0 bridgehead atoms. The molecule has 3 heterocycles. The molecule has 1 amide bonds. The number of likely N-dealkylation sites (tertiary alicyclic amines) is 1. The first-order valence-electron chi connectivity index (χ1n) is 9.29. The van der Waals surface area contributed by atoms with Gasteiger partial charge in [-0.05, 0) is 43.2 Å². The minimum Gasteiger partial charge on any atom is -0.497 e. The van der Waals surface area contributed by atoms with Gasteiger partial charge in [0.05, 0.1) is 19.3 Å². The number of methoxy groups -OCH3 is 1. The Morgan fingerprint density at radius 2 is 2.04 bits per heavy atom. The molecule has 0 spiro atoms. The summed E-state index contributed by atoms with van der Waals surface area (Å²) in [4.78, 5) is 18.7. The molecule has 0 saturated carbocycles. The molecule has 7 heteroatoms. The van der Waals surface area contributed by atoms with Crippen LogP contribution >= 0.6 is 0 Å². The molecule has 0 radical (unpaired) electrons. The molecule has 144 valence electrons. The molecule has 4 rings (SSSR count). The van der Waals surface area contributed by atoms with E-state index in [0.717, 1.165) is 29.9 Å². The number of aromatic nitrogens is 3. The highest BCUT2D eigenvalue weighted by molar-refractivity contribution is 5.93. The van der Waals surface area contributed by atoms with Gasteiger partial charge in [0.1, 0.15) is 23.3 Å². The number of hydrogen-bond acceptors (Lipinski definition) is 5. The van der Waals surface area contributed by atoms with Crippen molar-refractivity contribution in [3.8, 4) is 22.8 Å². The van der Waals surface area contributed by atoms with Crippen LogP contribution in [0.15, 0.2) is 54.9 Å². The number of carbonyl (C=O) groups is 1. The zero-order valence-electron chi connectivity index (χ0n) is 15.7. The number of H-pyrrole nitrogens is 1. The predicted molar refractivity (Wildman–Crippen MR) is 104 cm³/mol. The Bertz CT molecular complexity index is 942. The van der Waals surface area contributed by atoms with E-state index in [0.29, 0.717) is 24.5 Å². The first-order valence-corrected chi connectivity index (χ1v) is 9.29. The summed E-state index contributed by atoms with van der Waals surface area (Å²) in [6.45, 7) is 1.26. The van der Waals surface area contributed by atoms with Gasteiger partial charge in [0.15, 0.2) is 0 Å². The van der Waals surface area contributed by atoms with Crippen LogP contribution in [0, 0.1) is 0 Å². The predicted octanol–water partition coefficient (Wildman–Crippen LogP) is 3.16. The number of pyridine rings is 1. The third-order valence-corrected chi connectivity index (χ3v) is 4.79. The van der Waals surface area contributed by atoms with Gasteiger partial charge in [-0.1, -0.05) is 12.1 Å². The second-order valence-electron chi connectivity index (χ2n) is 6.71. The van der Waals surface area contributed by atoms with Crippen LogP contribution in [-0.4, -0.2) is 52.3 Å². The lowest BCUT2D eigenvalue weighted by atomic mass is 10.1. The lowest BCUT2D eigenvalue weighted by molar-refractivity contribution is 0.0532. The highest BCUT2D eigenvalue weighted by atomic mass is 16.5. The number of hydrogen-bond donors (Lipinski definition) is 1. The van der Waals surface area contributed by atoms with Gasteiger partial charge < -0.3 is 14.4 Å². The SMILES string of the molecule is COc1cccc(-c2cc(C(=O)N3CCCC(Oc4ccncc4)C3)[nH]n2)c1. The number of nitrogens with one attached hydrogen (secondary N) is 1. The van der Waals surface area contributed by atoms with E-state index in [1.807, 2.05) is 41.3 Å². The van der Waals surface area contributed by atoms with Crippen molar-refractivity contribution in [3.63, 3.8) is 0 Å². The number of amides is 1. The topological polar surface area (TPSA) is 80.3 Å². The highest BCUT2D eigenvalue weighted by Gasteiger charge is 2.27. The van der Waals surface area contributed by atoms with E-state index >= 15 is 0 Å². The Kier molecular flexibility index (Phi) is 5.23. The van der Waals surface area contributed by atoms with Gasteiger partial charge in [0.25, 0.3) is 5.91 Å². The maximum Gasteiger partial charge on any atom is 0.272 e. The highest BCUT2D eigenvalue weighted by Crippen LogP contribution is 2.24. The second-order valence-corrected chi connectivity index (χ2v) is 6.71. The molecule has 2 aromatic heterocycles. The zero-order chi connectivity index (χ0) is 19.3. The molecule has 3 aromatic rings. The van der Waals surface area contributed by atoms with Crippen molar-refractivity contribution in [2.24, 2.45) is 0 Å². The van der Waals surface area contributed by atoms with Gasteiger partial charge >= 0.3 is 0 Å². The number of carbonyl (C=O) groups excluding carboxylic acids is 1. The summed E-state index contributed by atoms with van der Waals surface area (Å²) in [5.74, 6) is 1.46. The van der Waals surface area contributed by atoms with Crippen molar-refractivity contribution in [3.05, 3.63) is 60.6 Å². The van der Waals surface area contributed by atoms with Gasteiger partial charge in [-0.2, -0.15) is 5.10 Å². The summed E-state index contributed by atoms with van der Waals surface area (Å²) in [6, 6.07) is 13.0. The fourth-order valence-electron chi connectivity index (χ4n) is 3.36. The number of nitrogens with zero attached hydrogens (tertiary/aromatic N) is 3. The van der Waals surface area contributed by atoms with Gasteiger partial charge in [0.2, 0.25) is 0 Å². The minimum atomic E-state index is -0.0651. The summed E-state index contributed by atoms with van der Waals surface area (Å²) in [6.07, 6.45) is 5.20. The van der Waals surface area contributed by atoms with Gasteiger partial charge in [-0.15, -0.1) is 0 Å². The van der Waals surface area contributed by atoms with Crippen LogP contribution in [0.5, 0.6) is 11.5 Å². The number of ether oxygens (including phenoxy) is 2. The monoisotopic (exact) mass is 378 g/mol. The number of rotatable bonds is 5. The van der Waals surface area contributed by atoms with E-state index < -0.39 is 0 Å². The second kappa shape index (κ2) is 8.12. The first-order chi connectivity index (χ1) is 13.7. The van der Waals surface area contributed by atoms with E-state index in [1.54, 1.807) is 25.6 Å². The Morgan fingerprint density at radius 1 is 1.18 bits per heavy atom. The summed E-state index contributed by atoms with van der Waals surface area (Å²) in [5, 5.41) is 7.17. The van der Waals surface area contributed by atoms with Crippen molar-refractivity contribution in [2.45, 2.75) is 18.9 Å². The molecule has 1 saturated heterocycles. The fourth-order valence-corrected chi connectivity index (χ4v) is 3.36. The number of benzene rings is 1. The lowest BCUT2D eigenvalue weighted by Crippen LogP contribution is -2.44. The van der Waals surface area contributed by atoms with Crippen LogP contribution in [0.2, 0.25) is 0 Å². The maximum atomic E-state index is 12.9. The fraction of sp³-hybridized carbons (Fsp3) is 0.286. The van der Waals surface area contributed by atoms with Crippen molar-refractivity contribution in [2.75, 3.05) is 20.2 Å². The average molecular weight is 378 g/mol. The molecule has 7 nitrogen and oxygen atoms in total. The largest absolute Gasteiger partial charge is 0.497 e. The van der Waals surface area contributed by atoms with Crippen LogP contribution in [0.3, 0.4) is 0 Å². The van der Waals surface area contributed by atoms with E-state index in [2.05, 4.69) is 15.2 Å². The Balaban J connectivity index is 1.44. The minimum absolute atomic E-state index is 0.0270. The molecule has 1 aromatic carbocycles. The number of aromatic amines is 1. The zero-order valence-corrected chi connectivity index (χ0v) is 15.7. The van der Waals surface area contributed by atoms with Crippen molar-refractivity contribution < 1.29 is 14.3 Å². The van der Waals surface area contributed by atoms with Crippen molar-refractivity contribution in [1.82, 2.24) is 20.1 Å². The molecule has 0 aliphatic carbocycles. The van der Waals surface area contributed by atoms with Crippen molar-refractivity contribution in [1.29, 1.82) is 0 Å². The lowest BCUT2D eigenvalue weighted by Gasteiger charge is -2.32. The average Bonchev–Trinajstić information content (AvgIpc) is 3.24. The molecule has 1 atom stereocenters. The summed E-state index contributed by atoms with van der Waals surface area (Å²) < 4.78 is 11.3. The van der Waals surface area contributed by atoms with Gasteiger partial charge in [0, 0.05) is 24.5 Å². The standard InChI is InChI=1S/C21H22N4O3/c1-27-17-5-2-4-15(12-17)19-13-20(24-23-19)21(26)25-11-3-6-18(14-25)28-16-7-9-22-10-8-16/h2,4-5,7-10,12-13,18H,3,6,11,14H2,1H3,(H,23,24). The number of piperidine rings is 1. The van der Waals surface area contributed by atoms with Gasteiger partial charge in [-0.3, -0.25) is 14.9 Å². The third-order valence-electron chi connectivity index (χ3n) is 4.79.